The molecule has 0 radical (unpaired) electrons. The molecule has 0 aliphatic carbocycles. The number of anilines is 1. The average Bonchev–Trinajstić information content (AvgIpc) is 3.42. The molecule has 0 bridgehead atoms. The van der Waals surface area contributed by atoms with Crippen molar-refractivity contribution in [2.24, 2.45) is 0 Å². The molecule has 0 spiro atoms. The highest BCUT2D eigenvalue weighted by atomic mass is 32.2. The van der Waals surface area contributed by atoms with Crippen molar-refractivity contribution >= 4 is 52.7 Å². The summed E-state index contributed by atoms with van der Waals surface area (Å²) in [6, 6.07) is 30.9. The highest BCUT2D eigenvalue weighted by Crippen LogP contribution is 2.38. The zero-order chi connectivity index (χ0) is 40.7. The molecule has 0 saturated carbocycles. The van der Waals surface area contributed by atoms with Crippen LogP contribution in [0.3, 0.4) is 0 Å². The van der Waals surface area contributed by atoms with Crippen molar-refractivity contribution in [3.05, 3.63) is 143 Å². The van der Waals surface area contributed by atoms with E-state index in [-0.39, 0.29) is 29.3 Å². The number of fused-ring (bicyclic) bond motifs is 1. The van der Waals surface area contributed by atoms with Crippen LogP contribution in [-0.2, 0) is 54.2 Å². The number of carbonyl (C=O) groups excluding carboxylic acids is 1. The first-order valence-electron chi connectivity index (χ1n) is 17.1. The first-order valence-corrected chi connectivity index (χ1v) is 21.8. The molecule has 6 rings (SSSR count). The fraction of sp³-hybridized carbons (Fsp3) is 0.237. The second kappa shape index (κ2) is 17.4. The molecule has 1 aliphatic heterocycles. The largest absolute Gasteiger partial charge is 0.506 e. The van der Waals surface area contributed by atoms with Crippen molar-refractivity contribution in [3.63, 3.8) is 0 Å². The summed E-state index contributed by atoms with van der Waals surface area (Å²) in [7, 11) is -11.9. The highest BCUT2D eigenvalue weighted by molar-refractivity contribution is 7.92. The van der Waals surface area contributed by atoms with E-state index in [0.717, 1.165) is 26.7 Å². The van der Waals surface area contributed by atoms with Gasteiger partial charge < -0.3 is 5.11 Å². The minimum atomic E-state index is -4.61. The molecule has 1 atom stereocenters. The van der Waals surface area contributed by atoms with E-state index in [1.807, 2.05) is 47.2 Å². The van der Waals surface area contributed by atoms with Gasteiger partial charge in [-0.1, -0.05) is 97.1 Å². The number of alkyl halides is 3. The topological polar surface area (TPSA) is 187 Å². The van der Waals surface area contributed by atoms with Gasteiger partial charge >= 0.3 is 16.4 Å². The molecular weight excluding hydrogens is 796 g/mol. The smallest absolute Gasteiger partial charge is 0.416 e. The zero-order valence-corrected chi connectivity index (χ0v) is 32.0. The maximum Gasteiger partial charge on any atom is 0.416 e. The van der Waals surface area contributed by atoms with Gasteiger partial charge in [-0.05, 0) is 70.5 Å². The Labute approximate surface area is 323 Å². The number of aryl methyl sites for hydroxylation is 2. The summed E-state index contributed by atoms with van der Waals surface area (Å²) in [5.41, 5.74) is 1.00. The van der Waals surface area contributed by atoms with Crippen LogP contribution >= 0.6 is 0 Å². The highest BCUT2D eigenvalue weighted by Gasteiger charge is 2.37. The van der Waals surface area contributed by atoms with Crippen LogP contribution in [-0.4, -0.2) is 65.4 Å². The Morgan fingerprint density at radius 3 is 2.16 bits per heavy atom. The summed E-state index contributed by atoms with van der Waals surface area (Å²) in [6.45, 7) is -0.158. The van der Waals surface area contributed by atoms with E-state index in [9.17, 15) is 48.3 Å². The maximum absolute atomic E-state index is 13.1. The standard InChI is InChI=1S/C23H25N3O6S2.C15H13F3O3S/c27-22-15-17(10-11-21(22)26-16-23(28)25-34(26,31)32)5-4-13-24-33(29,30)14-12-19-8-3-7-18-6-1-2-9-20(18)19;16-15(17,18)14-9-5-4-8-12(14)13(10-22(19,20)21)11-6-2-1-3-7-11/h1-3,6-11,15,24,27H,4-5,12-14,16H2,(H,25,28);1-9,13H,10H2,(H,19,20,21). The zero-order valence-electron chi connectivity index (χ0n) is 29.6. The lowest BCUT2D eigenvalue weighted by atomic mass is 9.89. The molecule has 1 unspecified atom stereocenters. The minimum absolute atomic E-state index is 0.0104. The third kappa shape index (κ3) is 11.3. The second-order valence-electron chi connectivity index (χ2n) is 12.9. The van der Waals surface area contributed by atoms with Crippen molar-refractivity contribution in [3.8, 4) is 5.75 Å². The van der Waals surface area contributed by atoms with Crippen molar-refractivity contribution in [1.29, 1.82) is 0 Å². The van der Waals surface area contributed by atoms with Crippen LogP contribution in [0.2, 0.25) is 0 Å². The van der Waals surface area contributed by atoms with Gasteiger partial charge in [0.05, 0.1) is 22.8 Å². The van der Waals surface area contributed by atoms with Crippen molar-refractivity contribution in [2.75, 3.05) is 28.9 Å². The first kappa shape index (κ1) is 42.1. The van der Waals surface area contributed by atoms with Crippen LogP contribution < -0.4 is 13.7 Å². The van der Waals surface area contributed by atoms with E-state index < -0.39 is 66.2 Å². The molecule has 1 heterocycles. The third-order valence-electron chi connectivity index (χ3n) is 8.83. The van der Waals surface area contributed by atoms with Gasteiger partial charge in [-0.2, -0.15) is 30.0 Å². The summed E-state index contributed by atoms with van der Waals surface area (Å²) in [5, 5.41) is 12.4. The fourth-order valence-electron chi connectivity index (χ4n) is 6.26. The lowest BCUT2D eigenvalue weighted by Gasteiger charge is -2.21. The van der Waals surface area contributed by atoms with Crippen molar-refractivity contribution in [2.45, 2.75) is 31.4 Å². The van der Waals surface area contributed by atoms with Crippen LogP contribution in [0.25, 0.3) is 10.8 Å². The molecule has 5 aromatic carbocycles. The lowest BCUT2D eigenvalue weighted by molar-refractivity contribution is -0.138. The van der Waals surface area contributed by atoms with E-state index in [1.165, 1.54) is 42.5 Å². The van der Waals surface area contributed by atoms with Gasteiger partial charge in [0.2, 0.25) is 10.0 Å². The summed E-state index contributed by atoms with van der Waals surface area (Å²) in [6.07, 6.45) is -3.23. The van der Waals surface area contributed by atoms with E-state index in [2.05, 4.69) is 4.72 Å². The minimum Gasteiger partial charge on any atom is -0.506 e. The summed E-state index contributed by atoms with van der Waals surface area (Å²) in [4.78, 5) is 11.4. The second-order valence-corrected chi connectivity index (χ2v) is 17.9. The molecule has 1 amide bonds. The quantitative estimate of drug-likeness (QED) is 0.0872. The van der Waals surface area contributed by atoms with Gasteiger partial charge in [0.15, 0.2) is 0 Å². The van der Waals surface area contributed by atoms with E-state index in [1.54, 1.807) is 24.3 Å². The van der Waals surface area contributed by atoms with Gasteiger partial charge in [0.1, 0.15) is 12.3 Å². The number of phenolic OH excluding ortho intramolecular Hbond substituents is 1. The number of phenols is 1. The Hall–Kier alpha value is -5.01. The number of aromatic hydroxyl groups is 1. The molecule has 1 aliphatic rings. The Balaban J connectivity index is 0.000000236. The molecule has 0 aromatic heterocycles. The van der Waals surface area contributed by atoms with Crippen LogP contribution in [0.5, 0.6) is 5.75 Å². The van der Waals surface area contributed by atoms with Gasteiger partial charge in [-0.3, -0.25) is 9.35 Å². The molecule has 18 heteroatoms. The third-order valence-corrected chi connectivity index (χ3v) is 12.4. The Morgan fingerprint density at radius 2 is 1.50 bits per heavy atom. The number of amides is 1. The molecular formula is C38H38F3N3O9S3. The molecule has 1 saturated heterocycles. The Bertz CT molecular complexity index is 2510. The molecule has 1 fully saturated rings. The van der Waals surface area contributed by atoms with Gasteiger partial charge in [-0.15, -0.1) is 0 Å². The van der Waals surface area contributed by atoms with Crippen LogP contribution in [0.4, 0.5) is 18.9 Å². The fourth-order valence-corrected chi connectivity index (χ4v) is 9.31. The summed E-state index contributed by atoms with van der Waals surface area (Å²) < 4.78 is 125. The van der Waals surface area contributed by atoms with Gasteiger partial charge in [0, 0.05) is 12.5 Å². The number of benzene rings is 5. The van der Waals surface area contributed by atoms with Crippen molar-refractivity contribution < 1.29 is 52.9 Å². The van der Waals surface area contributed by atoms with Crippen molar-refractivity contribution in [1.82, 2.24) is 9.44 Å². The van der Waals surface area contributed by atoms with Crippen LogP contribution in [0.15, 0.2) is 115 Å². The first-order chi connectivity index (χ1) is 26.3. The molecule has 5 aromatic rings. The number of halogens is 3. The molecule has 298 valence electrons. The SMILES string of the molecule is O=C1CN(c2ccc(CCCNS(=O)(=O)CCc3cccc4ccccc34)cc2O)S(=O)(=O)N1.O=S(=O)(O)CC(c1ccccc1)c1ccccc1C(F)(F)F. The number of nitrogens with zero attached hydrogens (tertiary/aromatic N) is 1. The average molecular weight is 834 g/mol. The molecule has 4 N–H and O–H groups in total. The van der Waals surface area contributed by atoms with Crippen LogP contribution in [0.1, 0.15) is 40.2 Å². The molecule has 12 nitrogen and oxygen atoms in total. The number of hydrogen-bond donors (Lipinski definition) is 4. The Morgan fingerprint density at radius 1 is 0.839 bits per heavy atom. The maximum atomic E-state index is 13.1. The Kier molecular flexibility index (Phi) is 13.1. The van der Waals surface area contributed by atoms with Gasteiger partial charge in [0.25, 0.3) is 16.0 Å². The summed E-state index contributed by atoms with van der Waals surface area (Å²) >= 11 is 0. The monoisotopic (exact) mass is 833 g/mol. The summed E-state index contributed by atoms with van der Waals surface area (Å²) in [5.74, 6) is -2.88. The predicted octanol–water partition coefficient (Wildman–Crippen LogP) is 5.55. The normalized spacial score (nSPS) is 14.9. The van der Waals surface area contributed by atoms with Crippen LogP contribution in [0, 0.1) is 0 Å². The number of carbonyl (C=O) groups is 1. The number of nitrogens with one attached hydrogen (secondary N) is 2. The van der Waals surface area contributed by atoms with E-state index in [0.29, 0.717) is 30.4 Å². The molecule has 56 heavy (non-hydrogen) atoms. The number of hydrogen-bond acceptors (Lipinski definition) is 8. The van der Waals surface area contributed by atoms with E-state index in [4.69, 9.17) is 4.55 Å². The number of rotatable bonds is 13. The predicted molar refractivity (Wildman–Crippen MR) is 206 cm³/mol. The number of sulfonamides is 1. The lowest BCUT2D eigenvalue weighted by Crippen LogP contribution is -2.29. The van der Waals surface area contributed by atoms with E-state index >= 15 is 0 Å². The van der Waals surface area contributed by atoms with Gasteiger partial charge in [-0.25, -0.2) is 22.2 Å².